The molecule has 7 heteroatoms. The molecular formula is C15H11N7. The van der Waals surface area contributed by atoms with E-state index in [1.165, 1.54) is 12.4 Å². The lowest BCUT2D eigenvalue weighted by atomic mass is 10.2. The fraction of sp³-hybridized carbons (Fsp3) is 0.0667. The first kappa shape index (κ1) is 13.4. The third-order valence-corrected chi connectivity index (χ3v) is 3.18. The van der Waals surface area contributed by atoms with Crippen LogP contribution in [0.1, 0.15) is 5.56 Å². The van der Waals surface area contributed by atoms with Gasteiger partial charge in [-0.3, -0.25) is 4.98 Å². The second-order valence-electron chi connectivity index (χ2n) is 4.58. The zero-order chi connectivity index (χ0) is 15.5. The van der Waals surface area contributed by atoms with E-state index in [9.17, 15) is 0 Å². The molecule has 0 atom stereocenters. The Morgan fingerprint density at radius 2 is 2.09 bits per heavy atom. The molecule has 0 aliphatic heterocycles. The van der Waals surface area contributed by atoms with Gasteiger partial charge in [0.15, 0.2) is 0 Å². The Hall–Kier alpha value is -3.58. The number of fused-ring (bicyclic) bond motifs is 1. The number of nitrogens with one attached hydrogen (secondary N) is 1. The smallest absolute Gasteiger partial charge is 0.103 e. The summed E-state index contributed by atoms with van der Waals surface area (Å²) in [6.45, 7) is 0.159. The van der Waals surface area contributed by atoms with E-state index in [4.69, 9.17) is 16.3 Å². The highest BCUT2D eigenvalue weighted by Crippen LogP contribution is 2.26. The number of nitrogens with zero attached hydrogens (tertiary/aromatic N) is 5. The standard InChI is InChI=1S/C15H11N7/c16-3-4-19-13-6-14(20-9-12(13)18)15-2-1-11-5-10(7-17)8-21-22(11)15/h1-2,5-6,8-9H,4,18H2,(H,19,20). The van der Waals surface area contributed by atoms with Crippen LogP contribution < -0.4 is 11.1 Å². The van der Waals surface area contributed by atoms with Crippen molar-refractivity contribution in [1.29, 1.82) is 10.5 Å². The lowest BCUT2D eigenvalue weighted by Crippen LogP contribution is -2.04. The molecule has 3 N–H and O–H groups in total. The summed E-state index contributed by atoms with van der Waals surface area (Å²) >= 11 is 0. The highest BCUT2D eigenvalue weighted by atomic mass is 15.2. The van der Waals surface area contributed by atoms with Crippen molar-refractivity contribution in [2.45, 2.75) is 0 Å². The number of nitrogens with two attached hydrogens (primary N) is 1. The number of anilines is 2. The molecule has 0 radical (unpaired) electrons. The van der Waals surface area contributed by atoms with Crippen LogP contribution in [0.3, 0.4) is 0 Å². The predicted molar refractivity (Wildman–Crippen MR) is 81.7 cm³/mol. The minimum Gasteiger partial charge on any atom is -0.396 e. The summed E-state index contributed by atoms with van der Waals surface area (Å²) < 4.78 is 1.70. The lowest BCUT2D eigenvalue weighted by molar-refractivity contribution is 0.939. The maximum absolute atomic E-state index is 8.91. The molecule has 22 heavy (non-hydrogen) atoms. The van der Waals surface area contributed by atoms with Gasteiger partial charge >= 0.3 is 0 Å². The van der Waals surface area contributed by atoms with Gasteiger partial charge < -0.3 is 11.1 Å². The van der Waals surface area contributed by atoms with Crippen LogP contribution >= 0.6 is 0 Å². The number of hydrogen-bond donors (Lipinski definition) is 2. The van der Waals surface area contributed by atoms with E-state index in [0.717, 1.165) is 11.2 Å². The number of rotatable bonds is 3. The van der Waals surface area contributed by atoms with Crippen molar-refractivity contribution in [1.82, 2.24) is 14.6 Å². The van der Waals surface area contributed by atoms with Crippen molar-refractivity contribution in [3.63, 3.8) is 0 Å². The normalized spacial score (nSPS) is 10.1. The van der Waals surface area contributed by atoms with Gasteiger partial charge in [-0.1, -0.05) is 0 Å². The maximum atomic E-state index is 8.91. The molecule has 0 aromatic carbocycles. The molecule has 3 aromatic heterocycles. The predicted octanol–water partition coefficient (Wildman–Crippen LogP) is 1.79. The Labute approximate surface area is 126 Å². The molecule has 0 aliphatic carbocycles. The Balaban J connectivity index is 2.08. The average molecular weight is 289 g/mol. The van der Waals surface area contributed by atoms with Crippen LogP contribution in [-0.4, -0.2) is 21.1 Å². The highest BCUT2D eigenvalue weighted by Gasteiger charge is 2.10. The van der Waals surface area contributed by atoms with Gasteiger partial charge in [0.2, 0.25) is 0 Å². The second-order valence-corrected chi connectivity index (χ2v) is 4.58. The van der Waals surface area contributed by atoms with Crippen LogP contribution in [0.25, 0.3) is 16.9 Å². The Morgan fingerprint density at radius 3 is 2.86 bits per heavy atom. The van der Waals surface area contributed by atoms with Gasteiger partial charge in [-0.2, -0.15) is 15.6 Å². The van der Waals surface area contributed by atoms with E-state index in [-0.39, 0.29) is 6.54 Å². The molecule has 106 valence electrons. The summed E-state index contributed by atoms with van der Waals surface area (Å²) in [7, 11) is 0. The zero-order valence-electron chi connectivity index (χ0n) is 11.5. The van der Waals surface area contributed by atoms with E-state index in [0.29, 0.717) is 22.6 Å². The first-order valence-electron chi connectivity index (χ1n) is 6.47. The largest absolute Gasteiger partial charge is 0.396 e. The number of hydrogen-bond acceptors (Lipinski definition) is 6. The summed E-state index contributed by atoms with van der Waals surface area (Å²) in [4.78, 5) is 4.31. The van der Waals surface area contributed by atoms with Gasteiger partial charge in [0.25, 0.3) is 0 Å². The van der Waals surface area contributed by atoms with E-state index in [2.05, 4.69) is 21.5 Å². The van der Waals surface area contributed by atoms with Crippen LogP contribution in [-0.2, 0) is 0 Å². The van der Waals surface area contributed by atoms with Crippen molar-refractivity contribution < 1.29 is 0 Å². The topological polar surface area (TPSA) is 116 Å². The fourth-order valence-corrected chi connectivity index (χ4v) is 2.15. The molecular weight excluding hydrogens is 278 g/mol. The van der Waals surface area contributed by atoms with E-state index < -0.39 is 0 Å². The van der Waals surface area contributed by atoms with Crippen molar-refractivity contribution in [3.05, 3.63) is 42.2 Å². The summed E-state index contributed by atoms with van der Waals surface area (Å²) in [5.41, 5.74) is 9.72. The molecule has 3 aromatic rings. The van der Waals surface area contributed by atoms with Crippen LogP contribution in [0.2, 0.25) is 0 Å². The monoisotopic (exact) mass is 289 g/mol. The van der Waals surface area contributed by atoms with Crippen molar-refractivity contribution in [2.24, 2.45) is 0 Å². The molecule has 0 amide bonds. The minimum absolute atomic E-state index is 0.159. The number of pyridine rings is 1. The third-order valence-electron chi connectivity index (χ3n) is 3.18. The minimum atomic E-state index is 0.159. The molecule has 0 bridgehead atoms. The number of nitrogen functional groups attached to an aromatic ring is 1. The van der Waals surface area contributed by atoms with Crippen LogP contribution in [0.4, 0.5) is 11.4 Å². The molecule has 0 spiro atoms. The second kappa shape index (κ2) is 5.43. The van der Waals surface area contributed by atoms with Gasteiger partial charge in [0.05, 0.1) is 52.3 Å². The fourth-order valence-electron chi connectivity index (χ4n) is 2.15. The molecule has 3 heterocycles. The van der Waals surface area contributed by atoms with Crippen molar-refractivity contribution in [3.8, 4) is 23.5 Å². The Bertz CT molecular complexity index is 927. The van der Waals surface area contributed by atoms with Gasteiger partial charge in [-0.05, 0) is 24.3 Å². The first-order chi connectivity index (χ1) is 10.7. The molecule has 0 saturated carbocycles. The molecule has 7 nitrogen and oxygen atoms in total. The van der Waals surface area contributed by atoms with E-state index in [1.54, 1.807) is 16.6 Å². The first-order valence-corrected chi connectivity index (χ1v) is 6.47. The van der Waals surface area contributed by atoms with Gasteiger partial charge in [0.1, 0.15) is 12.6 Å². The van der Waals surface area contributed by atoms with Crippen LogP contribution in [0.5, 0.6) is 0 Å². The van der Waals surface area contributed by atoms with Gasteiger partial charge in [0, 0.05) is 0 Å². The maximum Gasteiger partial charge on any atom is 0.103 e. The quantitative estimate of drug-likeness (QED) is 0.710. The summed E-state index contributed by atoms with van der Waals surface area (Å²) in [5, 5.41) is 24.7. The van der Waals surface area contributed by atoms with Crippen molar-refractivity contribution >= 4 is 16.9 Å². The summed E-state index contributed by atoms with van der Waals surface area (Å²) in [6, 6.07) is 11.3. The Morgan fingerprint density at radius 1 is 1.23 bits per heavy atom. The van der Waals surface area contributed by atoms with Crippen LogP contribution in [0, 0.1) is 22.7 Å². The molecule has 3 rings (SSSR count). The number of aromatic nitrogens is 3. The summed E-state index contributed by atoms with van der Waals surface area (Å²) in [6.07, 6.45) is 3.04. The van der Waals surface area contributed by atoms with Gasteiger partial charge in [-0.15, -0.1) is 0 Å². The van der Waals surface area contributed by atoms with Crippen LogP contribution in [0.15, 0.2) is 36.7 Å². The lowest BCUT2D eigenvalue weighted by Gasteiger charge is -2.08. The Kier molecular flexibility index (Phi) is 3.31. The summed E-state index contributed by atoms with van der Waals surface area (Å²) in [5.74, 6) is 0. The SMILES string of the molecule is N#CCNc1cc(-c2ccc3cc(C#N)cnn23)ncc1N. The van der Waals surface area contributed by atoms with Crippen molar-refractivity contribution in [2.75, 3.05) is 17.6 Å². The molecule has 0 unspecified atom stereocenters. The van der Waals surface area contributed by atoms with Gasteiger partial charge in [-0.25, -0.2) is 4.52 Å². The molecule has 0 saturated heterocycles. The third kappa shape index (κ3) is 2.28. The molecule has 0 fully saturated rings. The average Bonchev–Trinajstić information content (AvgIpc) is 2.97. The zero-order valence-corrected chi connectivity index (χ0v) is 11.5. The van der Waals surface area contributed by atoms with E-state index in [1.807, 2.05) is 18.2 Å². The highest BCUT2D eigenvalue weighted by molar-refractivity contribution is 5.73. The molecule has 0 aliphatic rings. The van der Waals surface area contributed by atoms with E-state index >= 15 is 0 Å². The number of nitriles is 2.